The van der Waals surface area contributed by atoms with E-state index in [2.05, 4.69) is 108 Å². The molecule has 0 fully saturated rings. The van der Waals surface area contributed by atoms with Crippen molar-refractivity contribution in [2.24, 2.45) is 0 Å². The molecule has 5 aromatic carbocycles. The largest absolute Gasteiger partial charge is 0.309 e. The van der Waals surface area contributed by atoms with Gasteiger partial charge in [0.05, 0.1) is 11.0 Å². The zero-order valence-corrected chi connectivity index (χ0v) is 18.1. The van der Waals surface area contributed by atoms with E-state index in [1.807, 2.05) is 18.2 Å². The molecule has 0 unspecified atom stereocenters. The van der Waals surface area contributed by atoms with Gasteiger partial charge < -0.3 is 4.57 Å². The highest BCUT2D eigenvalue weighted by molar-refractivity contribution is 6.30. The van der Waals surface area contributed by atoms with Gasteiger partial charge in [-0.05, 0) is 58.7 Å². The molecule has 0 aliphatic carbocycles. The summed E-state index contributed by atoms with van der Waals surface area (Å²) < 4.78 is 2.36. The van der Waals surface area contributed by atoms with Crippen LogP contribution >= 0.6 is 11.6 Å². The Morgan fingerprint density at radius 2 is 1.09 bits per heavy atom. The van der Waals surface area contributed by atoms with E-state index >= 15 is 0 Å². The summed E-state index contributed by atoms with van der Waals surface area (Å²) in [6, 6.07) is 42.6. The molecule has 0 aliphatic rings. The number of benzene rings is 5. The van der Waals surface area contributed by atoms with Gasteiger partial charge in [0.25, 0.3) is 0 Å². The van der Waals surface area contributed by atoms with Crippen molar-refractivity contribution in [3.8, 4) is 27.9 Å². The van der Waals surface area contributed by atoms with Crippen LogP contribution in [-0.2, 0) is 0 Å². The summed E-state index contributed by atoms with van der Waals surface area (Å²) in [5.74, 6) is 0. The number of para-hydroxylation sites is 1. The molecule has 2 heteroatoms. The maximum Gasteiger partial charge on any atom is 0.0547 e. The van der Waals surface area contributed by atoms with Crippen LogP contribution in [0.1, 0.15) is 0 Å². The Hall–Kier alpha value is -3.81. The van der Waals surface area contributed by atoms with E-state index in [4.69, 9.17) is 11.6 Å². The van der Waals surface area contributed by atoms with Gasteiger partial charge in [-0.1, -0.05) is 96.5 Å². The van der Waals surface area contributed by atoms with Gasteiger partial charge in [-0.2, -0.15) is 0 Å². The highest BCUT2D eigenvalue weighted by Gasteiger charge is 2.15. The van der Waals surface area contributed by atoms with Crippen molar-refractivity contribution in [1.82, 2.24) is 4.57 Å². The van der Waals surface area contributed by atoms with Crippen molar-refractivity contribution in [3.63, 3.8) is 0 Å². The van der Waals surface area contributed by atoms with Crippen molar-refractivity contribution >= 4 is 33.4 Å². The molecule has 0 spiro atoms. The fourth-order valence-electron chi connectivity index (χ4n) is 4.60. The van der Waals surface area contributed by atoms with Crippen LogP contribution in [0.15, 0.2) is 121 Å². The Kier molecular flexibility index (Phi) is 4.56. The standard InChI is InChI=1S/C30H20ClN/c31-24-17-13-23(14-18-24)26-10-6-12-29-30(26)27-9-4-5-11-28(27)32(29)25-19-15-22(16-20-25)21-7-2-1-3-8-21/h1-20H. The summed E-state index contributed by atoms with van der Waals surface area (Å²) >= 11 is 6.15. The third kappa shape index (κ3) is 3.10. The monoisotopic (exact) mass is 429 g/mol. The van der Waals surface area contributed by atoms with Crippen LogP contribution in [-0.4, -0.2) is 4.57 Å². The quantitative estimate of drug-likeness (QED) is 0.265. The van der Waals surface area contributed by atoms with Gasteiger partial charge in [0.1, 0.15) is 0 Å². The zero-order valence-electron chi connectivity index (χ0n) is 17.4. The molecule has 0 aliphatic heterocycles. The summed E-state index contributed by atoms with van der Waals surface area (Å²) in [6.07, 6.45) is 0. The Labute approximate surface area is 192 Å². The minimum atomic E-state index is 0.752. The van der Waals surface area contributed by atoms with E-state index in [9.17, 15) is 0 Å². The molecule has 0 amide bonds. The number of fused-ring (bicyclic) bond motifs is 3. The van der Waals surface area contributed by atoms with Crippen LogP contribution < -0.4 is 0 Å². The average Bonchev–Trinajstić information content (AvgIpc) is 3.20. The van der Waals surface area contributed by atoms with Gasteiger partial charge in [0.15, 0.2) is 0 Å². The SMILES string of the molecule is Clc1ccc(-c2cccc3c2c2ccccc2n3-c2ccc(-c3ccccc3)cc2)cc1. The fourth-order valence-corrected chi connectivity index (χ4v) is 4.73. The molecule has 1 heterocycles. The van der Waals surface area contributed by atoms with Gasteiger partial charge >= 0.3 is 0 Å². The van der Waals surface area contributed by atoms with Crippen LogP contribution in [0.25, 0.3) is 49.7 Å². The van der Waals surface area contributed by atoms with Crippen molar-refractivity contribution in [2.75, 3.05) is 0 Å². The van der Waals surface area contributed by atoms with E-state index in [-0.39, 0.29) is 0 Å². The van der Waals surface area contributed by atoms with Crippen molar-refractivity contribution in [3.05, 3.63) is 126 Å². The molecule has 6 aromatic rings. The minimum Gasteiger partial charge on any atom is -0.309 e. The molecule has 0 atom stereocenters. The number of hydrogen-bond donors (Lipinski definition) is 0. The van der Waals surface area contributed by atoms with Gasteiger partial charge in [-0.3, -0.25) is 0 Å². The molecule has 32 heavy (non-hydrogen) atoms. The Morgan fingerprint density at radius 1 is 0.469 bits per heavy atom. The normalized spacial score (nSPS) is 11.3. The Balaban J connectivity index is 1.59. The highest BCUT2D eigenvalue weighted by Crippen LogP contribution is 2.38. The molecule has 0 saturated heterocycles. The highest BCUT2D eigenvalue weighted by atomic mass is 35.5. The second-order valence-electron chi connectivity index (χ2n) is 7.97. The number of halogens is 1. The molecular weight excluding hydrogens is 410 g/mol. The van der Waals surface area contributed by atoms with E-state index in [0.29, 0.717) is 0 Å². The lowest BCUT2D eigenvalue weighted by atomic mass is 9.99. The van der Waals surface area contributed by atoms with Crippen molar-refractivity contribution < 1.29 is 0 Å². The van der Waals surface area contributed by atoms with E-state index in [1.54, 1.807) is 0 Å². The predicted octanol–water partition coefficient (Wildman–Crippen LogP) is 8.77. The number of nitrogens with zero attached hydrogens (tertiary/aromatic N) is 1. The van der Waals surface area contributed by atoms with Crippen LogP contribution in [0.5, 0.6) is 0 Å². The summed E-state index contributed by atoms with van der Waals surface area (Å²) in [7, 11) is 0. The summed E-state index contributed by atoms with van der Waals surface area (Å²) in [5, 5.41) is 3.26. The summed E-state index contributed by atoms with van der Waals surface area (Å²) in [5.41, 5.74) is 8.40. The molecular formula is C30H20ClN. The fraction of sp³-hybridized carbons (Fsp3) is 0. The predicted molar refractivity (Wildman–Crippen MR) is 137 cm³/mol. The number of rotatable bonds is 3. The zero-order chi connectivity index (χ0) is 21.5. The number of aromatic nitrogens is 1. The van der Waals surface area contributed by atoms with Crippen LogP contribution in [0.3, 0.4) is 0 Å². The maximum absolute atomic E-state index is 6.15. The number of hydrogen-bond acceptors (Lipinski definition) is 0. The maximum atomic E-state index is 6.15. The first-order chi connectivity index (χ1) is 15.8. The van der Waals surface area contributed by atoms with Crippen molar-refractivity contribution in [1.29, 1.82) is 0 Å². The second-order valence-corrected chi connectivity index (χ2v) is 8.41. The van der Waals surface area contributed by atoms with E-state index < -0.39 is 0 Å². The molecule has 6 rings (SSSR count). The van der Waals surface area contributed by atoms with Gasteiger partial charge in [0, 0.05) is 21.5 Å². The average molecular weight is 430 g/mol. The van der Waals surface area contributed by atoms with Crippen LogP contribution in [0, 0.1) is 0 Å². The third-order valence-corrected chi connectivity index (χ3v) is 6.34. The van der Waals surface area contributed by atoms with Gasteiger partial charge in [0.2, 0.25) is 0 Å². The van der Waals surface area contributed by atoms with E-state index in [0.717, 1.165) is 10.7 Å². The summed E-state index contributed by atoms with van der Waals surface area (Å²) in [4.78, 5) is 0. The second kappa shape index (κ2) is 7.71. The molecule has 1 aromatic heterocycles. The Bertz CT molecular complexity index is 1540. The lowest BCUT2D eigenvalue weighted by Gasteiger charge is -2.10. The van der Waals surface area contributed by atoms with Crippen molar-refractivity contribution in [2.45, 2.75) is 0 Å². The third-order valence-electron chi connectivity index (χ3n) is 6.09. The first-order valence-corrected chi connectivity index (χ1v) is 11.1. The van der Waals surface area contributed by atoms with E-state index in [1.165, 1.54) is 44.1 Å². The molecule has 0 radical (unpaired) electrons. The lowest BCUT2D eigenvalue weighted by molar-refractivity contribution is 1.18. The molecule has 152 valence electrons. The first-order valence-electron chi connectivity index (χ1n) is 10.7. The van der Waals surface area contributed by atoms with Gasteiger partial charge in [-0.25, -0.2) is 0 Å². The minimum absolute atomic E-state index is 0.752. The summed E-state index contributed by atoms with van der Waals surface area (Å²) in [6.45, 7) is 0. The topological polar surface area (TPSA) is 4.93 Å². The first kappa shape index (κ1) is 18.9. The Morgan fingerprint density at radius 3 is 1.88 bits per heavy atom. The van der Waals surface area contributed by atoms with Crippen LogP contribution in [0.4, 0.5) is 0 Å². The smallest absolute Gasteiger partial charge is 0.0547 e. The van der Waals surface area contributed by atoms with Gasteiger partial charge in [-0.15, -0.1) is 0 Å². The lowest BCUT2D eigenvalue weighted by Crippen LogP contribution is -1.93. The molecule has 0 saturated carbocycles. The van der Waals surface area contributed by atoms with Crippen LogP contribution in [0.2, 0.25) is 5.02 Å². The molecule has 0 N–H and O–H groups in total. The molecule has 1 nitrogen and oxygen atoms in total. The molecule has 0 bridgehead atoms.